The van der Waals surface area contributed by atoms with Crippen molar-refractivity contribution in [2.45, 2.75) is 51.8 Å². The molecule has 1 unspecified atom stereocenters. The second-order valence-electron chi connectivity index (χ2n) is 6.04. The Morgan fingerprint density at radius 2 is 2.40 bits per heavy atom. The number of ether oxygens (including phenoxy) is 1. The molecule has 0 bridgehead atoms. The van der Waals surface area contributed by atoms with Crippen molar-refractivity contribution in [1.29, 1.82) is 0 Å². The largest absolute Gasteiger partial charge is 0.444 e. The van der Waals surface area contributed by atoms with Gasteiger partial charge in [0, 0.05) is 31.1 Å². The zero-order valence-corrected chi connectivity index (χ0v) is 13.1. The third kappa shape index (κ3) is 4.72. The number of hydrogen-bond acceptors (Lipinski definition) is 6. The van der Waals surface area contributed by atoms with Gasteiger partial charge in [-0.2, -0.15) is 0 Å². The van der Waals surface area contributed by atoms with Crippen LogP contribution in [0.2, 0.25) is 0 Å². The van der Waals surface area contributed by atoms with Crippen LogP contribution >= 0.6 is 11.5 Å². The molecule has 6 nitrogen and oxygen atoms in total. The van der Waals surface area contributed by atoms with Crippen molar-refractivity contribution in [1.82, 2.24) is 19.8 Å². The summed E-state index contributed by atoms with van der Waals surface area (Å²) >= 11 is 1.35. The van der Waals surface area contributed by atoms with E-state index in [0.29, 0.717) is 13.1 Å². The van der Waals surface area contributed by atoms with E-state index in [2.05, 4.69) is 14.9 Å². The molecule has 20 heavy (non-hydrogen) atoms. The molecule has 1 amide bonds. The van der Waals surface area contributed by atoms with E-state index in [-0.39, 0.29) is 12.1 Å². The zero-order valence-electron chi connectivity index (χ0n) is 12.3. The van der Waals surface area contributed by atoms with Gasteiger partial charge in [-0.05, 0) is 45.1 Å². The molecule has 7 heteroatoms. The van der Waals surface area contributed by atoms with Gasteiger partial charge in [-0.3, -0.25) is 0 Å². The average Bonchev–Trinajstić information content (AvgIpc) is 2.88. The molecule has 1 aliphatic heterocycles. The van der Waals surface area contributed by atoms with Crippen LogP contribution in [0.15, 0.2) is 5.38 Å². The van der Waals surface area contributed by atoms with Crippen molar-refractivity contribution < 1.29 is 9.53 Å². The molecule has 1 aromatic rings. The molecular weight excluding hydrogens is 276 g/mol. The van der Waals surface area contributed by atoms with Gasteiger partial charge in [0.1, 0.15) is 5.60 Å². The molecule has 1 aromatic heterocycles. The molecule has 1 fully saturated rings. The van der Waals surface area contributed by atoms with Gasteiger partial charge >= 0.3 is 6.09 Å². The fourth-order valence-corrected chi connectivity index (χ4v) is 2.60. The first-order valence-electron chi connectivity index (χ1n) is 6.91. The Hall–Kier alpha value is -1.21. The van der Waals surface area contributed by atoms with Crippen LogP contribution in [-0.2, 0) is 11.3 Å². The lowest BCUT2D eigenvalue weighted by Crippen LogP contribution is -2.49. The van der Waals surface area contributed by atoms with E-state index in [4.69, 9.17) is 4.74 Å². The maximum atomic E-state index is 12.0. The molecule has 0 radical (unpaired) electrons. The summed E-state index contributed by atoms with van der Waals surface area (Å²) in [5.41, 5.74) is 0.508. The Morgan fingerprint density at radius 1 is 1.60 bits per heavy atom. The van der Waals surface area contributed by atoms with Crippen LogP contribution in [0.3, 0.4) is 0 Å². The number of carbonyl (C=O) groups excluding carboxylic acids is 1. The van der Waals surface area contributed by atoms with Gasteiger partial charge in [-0.1, -0.05) is 4.49 Å². The highest BCUT2D eigenvalue weighted by molar-refractivity contribution is 7.03. The van der Waals surface area contributed by atoms with Gasteiger partial charge in [0.25, 0.3) is 0 Å². The van der Waals surface area contributed by atoms with Gasteiger partial charge in [0.15, 0.2) is 0 Å². The third-order valence-corrected chi connectivity index (χ3v) is 3.60. The van der Waals surface area contributed by atoms with Crippen molar-refractivity contribution in [3.63, 3.8) is 0 Å². The van der Waals surface area contributed by atoms with Crippen molar-refractivity contribution >= 4 is 17.6 Å². The number of nitrogens with zero attached hydrogens (tertiary/aromatic N) is 3. The van der Waals surface area contributed by atoms with E-state index in [1.807, 2.05) is 26.2 Å². The van der Waals surface area contributed by atoms with Crippen LogP contribution in [0.1, 0.15) is 39.3 Å². The number of amides is 1. The van der Waals surface area contributed by atoms with Crippen LogP contribution < -0.4 is 5.32 Å². The number of hydrogen-bond donors (Lipinski definition) is 1. The summed E-state index contributed by atoms with van der Waals surface area (Å²) in [6.45, 7) is 7.82. The molecule has 1 atom stereocenters. The summed E-state index contributed by atoms with van der Waals surface area (Å²) in [5, 5.41) is 9.36. The summed E-state index contributed by atoms with van der Waals surface area (Å²) in [6, 6.07) is 0.290. The Kier molecular flexibility index (Phi) is 4.93. The Bertz CT molecular complexity index is 430. The Morgan fingerprint density at radius 3 is 3.05 bits per heavy atom. The average molecular weight is 298 g/mol. The van der Waals surface area contributed by atoms with Gasteiger partial charge in [-0.15, -0.1) is 5.10 Å². The van der Waals surface area contributed by atoms with Crippen molar-refractivity contribution in [2.75, 3.05) is 13.1 Å². The van der Waals surface area contributed by atoms with Crippen LogP contribution in [-0.4, -0.2) is 45.3 Å². The molecule has 0 saturated carbocycles. The van der Waals surface area contributed by atoms with Gasteiger partial charge < -0.3 is 15.0 Å². The minimum atomic E-state index is -0.441. The first-order valence-corrected chi connectivity index (χ1v) is 7.75. The summed E-state index contributed by atoms with van der Waals surface area (Å²) in [4.78, 5) is 13.8. The summed E-state index contributed by atoms with van der Waals surface area (Å²) in [7, 11) is 0. The predicted octanol–water partition coefficient (Wildman–Crippen LogP) is 2.03. The van der Waals surface area contributed by atoms with E-state index in [0.717, 1.165) is 25.1 Å². The van der Waals surface area contributed by atoms with Crippen LogP contribution in [0, 0.1) is 0 Å². The topological polar surface area (TPSA) is 67.3 Å². The molecule has 0 aromatic carbocycles. The van der Waals surface area contributed by atoms with Crippen LogP contribution in [0.25, 0.3) is 0 Å². The van der Waals surface area contributed by atoms with E-state index in [9.17, 15) is 4.79 Å². The lowest BCUT2D eigenvalue weighted by atomic mass is 10.1. The fourth-order valence-electron chi connectivity index (χ4n) is 2.15. The smallest absolute Gasteiger partial charge is 0.410 e. The minimum Gasteiger partial charge on any atom is -0.444 e. The monoisotopic (exact) mass is 298 g/mol. The van der Waals surface area contributed by atoms with Gasteiger partial charge in [0.05, 0.1) is 5.69 Å². The fraction of sp³-hybridized carbons (Fsp3) is 0.769. The van der Waals surface area contributed by atoms with Crippen molar-refractivity contribution in [3.8, 4) is 0 Å². The number of aromatic nitrogens is 2. The Balaban J connectivity index is 1.80. The predicted molar refractivity (Wildman–Crippen MR) is 77.6 cm³/mol. The highest BCUT2D eigenvalue weighted by atomic mass is 32.1. The number of rotatable bonds is 3. The SMILES string of the molecule is CC(C)(C)OC(=O)N1CCCC(NCc2csnn2)C1. The second kappa shape index (κ2) is 6.49. The molecule has 1 saturated heterocycles. The van der Waals surface area contributed by atoms with E-state index >= 15 is 0 Å². The molecule has 0 spiro atoms. The number of carbonyl (C=O) groups is 1. The maximum Gasteiger partial charge on any atom is 0.410 e. The normalized spacial score (nSPS) is 19.9. The summed E-state index contributed by atoms with van der Waals surface area (Å²) in [5.74, 6) is 0. The molecule has 1 aliphatic rings. The highest BCUT2D eigenvalue weighted by Gasteiger charge is 2.27. The zero-order chi connectivity index (χ0) is 14.6. The van der Waals surface area contributed by atoms with Crippen LogP contribution in [0.5, 0.6) is 0 Å². The molecule has 2 heterocycles. The van der Waals surface area contributed by atoms with Gasteiger partial charge in [-0.25, -0.2) is 4.79 Å². The number of nitrogens with one attached hydrogen (secondary N) is 1. The number of piperidine rings is 1. The standard InChI is InChI=1S/C13H22N4O2S/c1-13(2,3)19-12(18)17-6-4-5-10(8-17)14-7-11-9-20-16-15-11/h9-10,14H,4-8H2,1-3H3. The lowest BCUT2D eigenvalue weighted by molar-refractivity contribution is 0.0187. The first kappa shape index (κ1) is 15.2. The minimum absolute atomic E-state index is 0.223. The maximum absolute atomic E-state index is 12.0. The summed E-state index contributed by atoms with van der Waals surface area (Å²) < 4.78 is 9.25. The molecule has 1 N–H and O–H groups in total. The second-order valence-corrected chi connectivity index (χ2v) is 6.65. The van der Waals surface area contributed by atoms with E-state index < -0.39 is 5.60 Å². The molecule has 2 rings (SSSR count). The lowest BCUT2D eigenvalue weighted by Gasteiger charge is -2.34. The molecule has 0 aliphatic carbocycles. The molecular formula is C13H22N4O2S. The first-order chi connectivity index (χ1) is 9.44. The van der Waals surface area contributed by atoms with Crippen molar-refractivity contribution in [3.05, 3.63) is 11.1 Å². The quantitative estimate of drug-likeness (QED) is 0.925. The summed E-state index contributed by atoms with van der Waals surface area (Å²) in [6.07, 6.45) is 1.84. The third-order valence-electron chi connectivity index (χ3n) is 3.05. The van der Waals surface area contributed by atoms with Crippen molar-refractivity contribution in [2.24, 2.45) is 0 Å². The van der Waals surface area contributed by atoms with Crippen LogP contribution in [0.4, 0.5) is 4.79 Å². The Labute approximate surface area is 123 Å². The van der Waals surface area contributed by atoms with E-state index in [1.54, 1.807) is 4.90 Å². The van der Waals surface area contributed by atoms with Gasteiger partial charge in [0.2, 0.25) is 0 Å². The molecule has 112 valence electrons. The van der Waals surface area contributed by atoms with E-state index in [1.165, 1.54) is 11.5 Å². The highest BCUT2D eigenvalue weighted by Crippen LogP contribution is 2.15. The number of likely N-dealkylation sites (tertiary alicyclic amines) is 1.